The number of hydrogen-bond acceptors (Lipinski definition) is 2. The maximum Gasteiger partial charge on any atom is 0.326 e. The van der Waals surface area contributed by atoms with Gasteiger partial charge in [0.2, 0.25) is 6.41 Å². The van der Waals surface area contributed by atoms with E-state index in [9.17, 15) is 9.59 Å². The van der Waals surface area contributed by atoms with Gasteiger partial charge in [0.1, 0.15) is 6.04 Å². The Hall–Kier alpha value is -1.06. The molecule has 4 nitrogen and oxygen atoms in total. The summed E-state index contributed by atoms with van der Waals surface area (Å²) in [5.41, 5.74) is 0. The second-order valence-corrected chi connectivity index (χ2v) is 4.70. The molecule has 1 N–H and O–H groups in total. The van der Waals surface area contributed by atoms with Crippen molar-refractivity contribution in [3.8, 4) is 0 Å². The van der Waals surface area contributed by atoms with Crippen LogP contribution in [0.1, 0.15) is 65.2 Å². The number of carboxylic acid groups (broad SMARTS) is 1. The fraction of sp³-hybridized carbons (Fsp3) is 0.857. The first kappa shape index (κ1) is 16.9. The van der Waals surface area contributed by atoms with Crippen LogP contribution in [-0.2, 0) is 9.59 Å². The highest BCUT2D eigenvalue weighted by Gasteiger charge is 2.22. The molecule has 18 heavy (non-hydrogen) atoms. The fourth-order valence-electron chi connectivity index (χ4n) is 2.09. The molecule has 0 saturated heterocycles. The molecule has 0 aliphatic carbocycles. The summed E-state index contributed by atoms with van der Waals surface area (Å²) in [5.74, 6) is -0.894. The SMILES string of the molecule is CCCCCCCCCC(C(=O)O)N(C=O)CC. The topological polar surface area (TPSA) is 57.6 Å². The Morgan fingerprint density at radius 2 is 1.67 bits per heavy atom. The van der Waals surface area contributed by atoms with E-state index in [0.29, 0.717) is 19.4 Å². The van der Waals surface area contributed by atoms with Crippen LogP contribution in [0.25, 0.3) is 0 Å². The van der Waals surface area contributed by atoms with Crippen molar-refractivity contribution in [2.24, 2.45) is 0 Å². The van der Waals surface area contributed by atoms with Gasteiger partial charge in [0, 0.05) is 6.54 Å². The molecule has 1 atom stereocenters. The van der Waals surface area contributed by atoms with Crippen LogP contribution in [-0.4, -0.2) is 35.0 Å². The molecule has 0 rings (SSSR count). The number of aliphatic carboxylic acids is 1. The number of likely N-dealkylation sites (N-methyl/N-ethyl adjacent to an activating group) is 1. The molecule has 0 aromatic heterocycles. The lowest BCUT2D eigenvalue weighted by atomic mass is 10.0. The van der Waals surface area contributed by atoms with Crippen molar-refractivity contribution >= 4 is 12.4 Å². The van der Waals surface area contributed by atoms with E-state index in [-0.39, 0.29) is 0 Å². The summed E-state index contributed by atoms with van der Waals surface area (Å²) in [7, 11) is 0. The summed E-state index contributed by atoms with van der Waals surface area (Å²) in [6.45, 7) is 4.45. The summed E-state index contributed by atoms with van der Waals surface area (Å²) in [5, 5.41) is 9.08. The summed E-state index contributed by atoms with van der Waals surface area (Å²) in [6, 6.07) is -0.650. The van der Waals surface area contributed by atoms with E-state index in [2.05, 4.69) is 6.92 Å². The zero-order valence-corrected chi connectivity index (χ0v) is 11.7. The smallest absolute Gasteiger partial charge is 0.326 e. The Kier molecular flexibility index (Phi) is 10.4. The molecule has 0 spiro atoms. The van der Waals surface area contributed by atoms with Gasteiger partial charge in [0.25, 0.3) is 0 Å². The highest BCUT2D eigenvalue weighted by atomic mass is 16.4. The average molecular weight is 257 g/mol. The van der Waals surface area contributed by atoms with Crippen molar-refractivity contribution in [3.05, 3.63) is 0 Å². The standard InChI is InChI=1S/C14H27NO3/c1-3-5-6-7-8-9-10-11-13(14(17)18)15(4-2)12-16/h12-13H,3-11H2,1-2H3,(H,17,18). The van der Waals surface area contributed by atoms with Crippen LogP contribution in [0, 0.1) is 0 Å². The highest BCUT2D eigenvalue weighted by molar-refractivity contribution is 5.76. The molecule has 0 bridgehead atoms. The third-order valence-electron chi connectivity index (χ3n) is 3.27. The Morgan fingerprint density at radius 3 is 2.11 bits per heavy atom. The zero-order valence-electron chi connectivity index (χ0n) is 11.7. The van der Waals surface area contributed by atoms with E-state index < -0.39 is 12.0 Å². The molecule has 0 radical (unpaired) electrons. The minimum absolute atomic E-state index is 0.455. The molecule has 1 amide bonds. The summed E-state index contributed by atoms with van der Waals surface area (Å²) in [4.78, 5) is 23.2. The van der Waals surface area contributed by atoms with E-state index in [1.54, 1.807) is 6.92 Å². The first-order chi connectivity index (χ1) is 8.67. The van der Waals surface area contributed by atoms with Crippen LogP contribution < -0.4 is 0 Å². The van der Waals surface area contributed by atoms with Crippen LogP contribution in [0.2, 0.25) is 0 Å². The summed E-state index contributed by atoms with van der Waals surface area (Å²) >= 11 is 0. The normalized spacial score (nSPS) is 12.1. The molecule has 1 unspecified atom stereocenters. The van der Waals surface area contributed by atoms with Gasteiger partial charge in [0.05, 0.1) is 0 Å². The number of rotatable bonds is 12. The van der Waals surface area contributed by atoms with Crippen molar-refractivity contribution in [2.45, 2.75) is 71.3 Å². The van der Waals surface area contributed by atoms with Gasteiger partial charge in [-0.1, -0.05) is 51.9 Å². The maximum absolute atomic E-state index is 11.1. The number of nitrogens with zero attached hydrogens (tertiary/aromatic N) is 1. The second kappa shape index (κ2) is 11.1. The molecule has 0 aliphatic heterocycles. The number of unbranched alkanes of at least 4 members (excludes halogenated alkanes) is 6. The van der Waals surface area contributed by atoms with Crippen LogP contribution in [0.4, 0.5) is 0 Å². The van der Waals surface area contributed by atoms with Gasteiger partial charge >= 0.3 is 5.97 Å². The van der Waals surface area contributed by atoms with Gasteiger partial charge in [-0.3, -0.25) is 4.79 Å². The van der Waals surface area contributed by atoms with Crippen molar-refractivity contribution in [2.75, 3.05) is 6.54 Å². The van der Waals surface area contributed by atoms with Crippen LogP contribution >= 0.6 is 0 Å². The first-order valence-electron chi connectivity index (χ1n) is 7.11. The predicted molar refractivity (Wildman–Crippen MR) is 72.5 cm³/mol. The van der Waals surface area contributed by atoms with Gasteiger partial charge in [-0.15, -0.1) is 0 Å². The monoisotopic (exact) mass is 257 g/mol. The molecule has 0 fully saturated rings. The van der Waals surface area contributed by atoms with Gasteiger partial charge in [-0.25, -0.2) is 4.79 Å². The number of carboxylic acids is 1. The molecule has 0 aromatic rings. The molecule has 0 aliphatic rings. The van der Waals surface area contributed by atoms with E-state index >= 15 is 0 Å². The highest BCUT2D eigenvalue weighted by Crippen LogP contribution is 2.12. The minimum Gasteiger partial charge on any atom is -0.480 e. The first-order valence-corrected chi connectivity index (χ1v) is 7.11. The molecule has 0 aromatic carbocycles. The quantitative estimate of drug-likeness (QED) is 0.432. The average Bonchev–Trinajstić information content (AvgIpc) is 2.36. The van der Waals surface area contributed by atoms with E-state index in [1.165, 1.54) is 37.0 Å². The van der Waals surface area contributed by atoms with Crippen molar-refractivity contribution in [3.63, 3.8) is 0 Å². The number of amides is 1. The van der Waals surface area contributed by atoms with Gasteiger partial charge in [0.15, 0.2) is 0 Å². The van der Waals surface area contributed by atoms with Gasteiger partial charge < -0.3 is 10.0 Å². The van der Waals surface area contributed by atoms with Crippen LogP contribution in [0.5, 0.6) is 0 Å². The van der Waals surface area contributed by atoms with Crippen LogP contribution in [0.15, 0.2) is 0 Å². The van der Waals surface area contributed by atoms with E-state index in [1.807, 2.05) is 0 Å². The molecule has 106 valence electrons. The largest absolute Gasteiger partial charge is 0.480 e. The Morgan fingerprint density at radius 1 is 1.11 bits per heavy atom. The molecule has 4 heteroatoms. The Bertz CT molecular complexity index is 231. The van der Waals surface area contributed by atoms with Gasteiger partial charge in [-0.2, -0.15) is 0 Å². The predicted octanol–water partition coefficient (Wildman–Crippen LogP) is 3.06. The van der Waals surface area contributed by atoms with Crippen molar-refractivity contribution in [1.29, 1.82) is 0 Å². The molecular formula is C14H27NO3. The third kappa shape index (κ3) is 7.30. The fourth-order valence-corrected chi connectivity index (χ4v) is 2.09. The van der Waals surface area contributed by atoms with Crippen LogP contribution in [0.3, 0.4) is 0 Å². The zero-order chi connectivity index (χ0) is 13.8. The lowest BCUT2D eigenvalue weighted by Crippen LogP contribution is -2.40. The summed E-state index contributed by atoms with van der Waals surface area (Å²) < 4.78 is 0. The number of carbonyl (C=O) groups is 2. The second-order valence-electron chi connectivity index (χ2n) is 4.70. The Labute approximate surface area is 110 Å². The maximum atomic E-state index is 11.1. The summed E-state index contributed by atoms with van der Waals surface area (Å²) in [6.07, 6.45) is 9.34. The lowest BCUT2D eigenvalue weighted by Gasteiger charge is -2.23. The van der Waals surface area contributed by atoms with Crippen molar-refractivity contribution in [1.82, 2.24) is 4.90 Å². The van der Waals surface area contributed by atoms with E-state index in [0.717, 1.165) is 12.8 Å². The molecular weight excluding hydrogens is 230 g/mol. The minimum atomic E-state index is -0.894. The Balaban J connectivity index is 3.78. The lowest BCUT2D eigenvalue weighted by molar-refractivity contribution is -0.146. The number of carbonyl (C=O) groups excluding carboxylic acids is 1. The third-order valence-corrected chi connectivity index (χ3v) is 3.27. The van der Waals surface area contributed by atoms with Gasteiger partial charge in [-0.05, 0) is 13.3 Å². The number of hydrogen-bond donors (Lipinski definition) is 1. The molecule has 0 saturated carbocycles. The van der Waals surface area contributed by atoms with E-state index in [4.69, 9.17) is 5.11 Å². The molecule has 0 heterocycles. The van der Waals surface area contributed by atoms with Crippen molar-refractivity contribution < 1.29 is 14.7 Å².